The normalized spacial score (nSPS) is 11.5. The molecule has 0 amide bonds. The molecule has 1 aromatic heterocycles. The largest absolute Gasteiger partial charge is 0.245 e. The first-order valence-corrected chi connectivity index (χ1v) is 8.03. The van der Waals surface area contributed by atoms with Gasteiger partial charge in [0.1, 0.15) is 6.54 Å². The summed E-state index contributed by atoms with van der Waals surface area (Å²) in [5.41, 5.74) is 8.14. The second kappa shape index (κ2) is 5.60. The molecule has 0 saturated carbocycles. The van der Waals surface area contributed by atoms with Crippen molar-refractivity contribution in [3.05, 3.63) is 65.0 Å². The molecule has 114 valence electrons. The number of benzene rings is 2. The Balaban J connectivity index is 2.12. The van der Waals surface area contributed by atoms with Crippen LogP contribution in [0.25, 0.3) is 11.0 Å². The van der Waals surface area contributed by atoms with E-state index in [0.717, 1.165) is 6.54 Å². The predicted octanol–water partition coefficient (Wildman–Crippen LogP) is 4.48. The average Bonchev–Trinajstić information content (AvgIpc) is 2.82. The minimum atomic E-state index is 0.464. The first-order chi connectivity index (χ1) is 10.5. The van der Waals surface area contributed by atoms with E-state index in [1.54, 1.807) is 0 Å². The highest BCUT2D eigenvalue weighted by molar-refractivity contribution is 5.71. The van der Waals surface area contributed by atoms with Crippen LogP contribution in [0.5, 0.6) is 0 Å². The van der Waals surface area contributed by atoms with E-state index in [1.165, 1.54) is 33.3 Å². The maximum atomic E-state index is 2.38. The van der Waals surface area contributed by atoms with Crippen molar-refractivity contribution in [2.24, 2.45) is 0 Å². The fraction of sp³-hybridized carbons (Fsp3) is 0.350. The average molecular weight is 293 g/mol. The summed E-state index contributed by atoms with van der Waals surface area (Å²) >= 11 is 0. The molecule has 0 unspecified atom stereocenters. The SMILES string of the molecule is Cc1cc(C)c(C[n+]2cn(C(C)C)c3ccccc32)c(C)c1. The lowest BCUT2D eigenvalue weighted by Crippen LogP contribution is -2.33. The molecule has 0 fully saturated rings. The highest BCUT2D eigenvalue weighted by atomic mass is 15.1. The summed E-state index contributed by atoms with van der Waals surface area (Å²) in [6, 6.07) is 13.7. The summed E-state index contributed by atoms with van der Waals surface area (Å²) in [5, 5.41) is 0. The van der Waals surface area contributed by atoms with Gasteiger partial charge in [-0.05, 0) is 63.4 Å². The number of aryl methyl sites for hydroxylation is 3. The lowest BCUT2D eigenvalue weighted by molar-refractivity contribution is -0.663. The van der Waals surface area contributed by atoms with E-state index in [-0.39, 0.29) is 0 Å². The van der Waals surface area contributed by atoms with Crippen LogP contribution in [-0.2, 0) is 6.54 Å². The summed E-state index contributed by atoms with van der Waals surface area (Å²) in [7, 11) is 0. The highest BCUT2D eigenvalue weighted by Crippen LogP contribution is 2.19. The lowest BCUT2D eigenvalue weighted by atomic mass is 10.00. The summed E-state index contributed by atoms with van der Waals surface area (Å²) in [6.07, 6.45) is 2.26. The Kier molecular flexibility index (Phi) is 3.78. The molecule has 0 aliphatic rings. The molecule has 0 bridgehead atoms. The van der Waals surface area contributed by atoms with Gasteiger partial charge in [-0.2, -0.15) is 0 Å². The molecule has 2 heteroatoms. The third-order valence-corrected chi connectivity index (χ3v) is 4.46. The summed E-state index contributed by atoms with van der Waals surface area (Å²) < 4.78 is 4.73. The number of aromatic nitrogens is 2. The van der Waals surface area contributed by atoms with Crippen LogP contribution in [0, 0.1) is 20.8 Å². The number of imidazole rings is 1. The molecule has 1 heterocycles. The Morgan fingerprint density at radius 1 is 1.00 bits per heavy atom. The number of para-hydroxylation sites is 2. The van der Waals surface area contributed by atoms with Gasteiger partial charge >= 0.3 is 0 Å². The second-order valence-corrected chi connectivity index (χ2v) is 6.61. The molecule has 0 atom stereocenters. The van der Waals surface area contributed by atoms with E-state index >= 15 is 0 Å². The van der Waals surface area contributed by atoms with Crippen molar-refractivity contribution >= 4 is 11.0 Å². The quantitative estimate of drug-likeness (QED) is 0.629. The van der Waals surface area contributed by atoms with E-state index in [4.69, 9.17) is 0 Å². The highest BCUT2D eigenvalue weighted by Gasteiger charge is 2.18. The van der Waals surface area contributed by atoms with Gasteiger partial charge in [-0.15, -0.1) is 0 Å². The zero-order valence-corrected chi connectivity index (χ0v) is 14.2. The van der Waals surface area contributed by atoms with Gasteiger partial charge in [0.2, 0.25) is 6.33 Å². The monoisotopic (exact) mass is 293 g/mol. The van der Waals surface area contributed by atoms with Crippen LogP contribution in [0.15, 0.2) is 42.7 Å². The Morgan fingerprint density at radius 2 is 1.64 bits per heavy atom. The molecule has 0 aliphatic heterocycles. The van der Waals surface area contributed by atoms with Crippen molar-refractivity contribution in [3.8, 4) is 0 Å². The first kappa shape index (κ1) is 14.8. The third-order valence-electron chi connectivity index (χ3n) is 4.46. The molecule has 3 aromatic rings. The van der Waals surface area contributed by atoms with Gasteiger partial charge in [0.05, 0.1) is 6.04 Å². The number of hydrogen-bond acceptors (Lipinski definition) is 0. The number of rotatable bonds is 3. The van der Waals surface area contributed by atoms with E-state index in [0.29, 0.717) is 6.04 Å². The van der Waals surface area contributed by atoms with Gasteiger partial charge in [-0.3, -0.25) is 0 Å². The molecular weight excluding hydrogens is 268 g/mol. The van der Waals surface area contributed by atoms with Crippen LogP contribution in [0.3, 0.4) is 0 Å². The van der Waals surface area contributed by atoms with E-state index < -0.39 is 0 Å². The minimum absolute atomic E-state index is 0.464. The molecule has 0 N–H and O–H groups in total. The predicted molar refractivity (Wildman–Crippen MR) is 92.3 cm³/mol. The fourth-order valence-electron chi connectivity index (χ4n) is 3.37. The van der Waals surface area contributed by atoms with E-state index in [9.17, 15) is 0 Å². The number of nitrogens with zero attached hydrogens (tertiary/aromatic N) is 2. The molecule has 2 nitrogen and oxygen atoms in total. The van der Waals surface area contributed by atoms with E-state index in [1.807, 2.05) is 0 Å². The van der Waals surface area contributed by atoms with Crippen molar-refractivity contribution in [1.82, 2.24) is 4.57 Å². The van der Waals surface area contributed by atoms with Crippen LogP contribution in [0.2, 0.25) is 0 Å². The molecular formula is C20H25N2+. The van der Waals surface area contributed by atoms with Crippen molar-refractivity contribution in [2.75, 3.05) is 0 Å². The second-order valence-electron chi connectivity index (χ2n) is 6.61. The summed E-state index contributed by atoms with van der Waals surface area (Å²) in [6.45, 7) is 12.0. The van der Waals surface area contributed by atoms with Crippen LogP contribution < -0.4 is 4.57 Å². The van der Waals surface area contributed by atoms with Gasteiger partial charge in [0.25, 0.3) is 0 Å². The molecule has 0 saturated heterocycles. The van der Waals surface area contributed by atoms with Crippen molar-refractivity contribution in [3.63, 3.8) is 0 Å². The molecule has 0 spiro atoms. The maximum absolute atomic E-state index is 2.38. The Bertz CT molecular complexity index is 802. The Hall–Kier alpha value is -2.09. The number of fused-ring (bicyclic) bond motifs is 1. The van der Waals surface area contributed by atoms with Crippen molar-refractivity contribution < 1.29 is 4.57 Å². The van der Waals surface area contributed by atoms with Crippen LogP contribution >= 0.6 is 0 Å². The molecule has 3 rings (SSSR count). The number of hydrogen-bond donors (Lipinski definition) is 0. The molecule has 0 aliphatic carbocycles. The van der Waals surface area contributed by atoms with Gasteiger partial charge in [-0.25, -0.2) is 9.13 Å². The zero-order valence-electron chi connectivity index (χ0n) is 14.2. The third kappa shape index (κ3) is 2.54. The molecule has 2 aromatic carbocycles. The summed E-state index contributed by atoms with van der Waals surface area (Å²) in [4.78, 5) is 0. The van der Waals surface area contributed by atoms with Crippen LogP contribution in [0.4, 0.5) is 0 Å². The Labute approximate surface area is 133 Å². The fourth-order valence-corrected chi connectivity index (χ4v) is 3.37. The van der Waals surface area contributed by atoms with E-state index in [2.05, 4.69) is 86.5 Å². The molecule has 22 heavy (non-hydrogen) atoms. The first-order valence-electron chi connectivity index (χ1n) is 8.03. The van der Waals surface area contributed by atoms with Gasteiger partial charge in [0, 0.05) is 0 Å². The minimum Gasteiger partial charge on any atom is -0.228 e. The smallest absolute Gasteiger partial charge is 0.228 e. The molecule has 0 radical (unpaired) electrons. The topological polar surface area (TPSA) is 8.81 Å². The summed E-state index contributed by atoms with van der Waals surface area (Å²) in [5.74, 6) is 0. The van der Waals surface area contributed by atoms with Crippen LogP contribution in [-0.4, -0.2) is 4.57 Å². The zero-order chi connectivity index (χ0) is 15.9. The standard InChI is InChI=1S/C20H25N2/c1-14(2)22-13-21(19-8-6-7-9-20(19)22)12-18-16(4)10-15(3)11-17(18)5/h6-11,13-14H,12H2,1-5H3/q+1. The van der Waals surface area contributed by atoms with Gasteiger partial charge < -0.3 is 0 Å². The van der Waals surface area contributed by atoms with Crippen molar-refractivity contribution in [2.45, 2.75) is 47.2 Å². The maximum Gasteiger partial charge on any atom is 0.245 e. The Morgan fingerprint density at radius 3 is 2.27 bits per heavy atom. The van der Waals surface area contributed by atoms with Crippen molar-refractivity contribution in [1.29, 1.82) is 0 Å². The van der Waals surface area contributed by atoms with Gasteiger partial charge in [-0.1, -0.05) is 29.8 Å². The lowest BCUT2D eigenvalue weighted by Gasteiger charge is -2.09. The van der Waals surface area contributed by atoms with Gasteiger partial charge in [0.15, 0.2) is 11.0 Å². The van der Waals surface area contributed by atoms with Crippen LogP contribution in [0.1, 0.15) is 42.1 Å².